The third-order valence-corrected chi connectivity index (χ3v) is 3.89. The highest BCUT2D eigenvalue weighted by Gasteiger charge is 2.25. The molecule has 26 heavy (non-hydrogen) atoms. The van der Waals surface area contributed by atoms with E-state index >= 15 is 0 Å². The molecule has 1 atom stereocenters. The Morgan fingerprint density at radius 1 is 1.23 bits per heavy atom. The van der Waals surface area contributed by atoms with E-state index in [1.54, 1.807) is 12.3 Å². The molecule has 1 heterocycles. The molecule has 6 nitrogen and oxygen atoms in total. The molecule has 0 bridgehead atoms. The molecular formula is C19H21FN2O4. The van der Waals surface area contributed by atoms with Crippen molar-refractivity contribution in [3.05, 3.63) is 59.2 Å². The van der Waals surface area contributed by atoms with Gasteiger partial charge in [-0.1, -0.05) is 32.9 Å². The van der Waals surface area contributed by atoms with Crippen LogP contribution >= 0.6 is 0 Å². The first-order valence-corrected chi connectivity index (χ1v) is 7.97. The van der Waals surface area contributed by atoms with Crippen LogP contribution in [0.15, 0.2) is 36.5 Å². The monoisotopic (exact) mass is 360 g/mol. The number of halogens is 1. The topological polar surface area (TPSA) is 88.5 Å². The van der Waals surface area contributed by atoms with Crippen molar-refractivity contribution in [3.63, 3.8) is 0 Å². The second-order valence-electron chi connectivity index (χ2n) is 6.82. The van der Waals surface area contributed by atoms with E-state index in [0.717, 1.165) is 11.6 Å². The average molecular weight is 360 g/mol. The second-order valence-corrected chi connectivity index (χ2v) is 6.82. The van der Waals surface area contributed by atoms with Crippen molar-refractivity contribution in [2.24, 2.45) is 0 Å². The van der Waals surface area contributed by atoms with Crippen molar-refractivity contribution >= 4 is 11.9 Å². The van der Waals surface area contributed by atoms with E-state index in [4.69, 9.17) is 4.74 Å². The lowest BCUT2D eigenvalue weighted by Crippen LogP contribution is -2.34. The zero-order valence-corrected chi connectivity index (χ0v) is 15.0. The van der Waals surface area contributed by atoms with Gasteiger partial charge in [0.05, 0.1) is 7.11 Å². The minimum atomic E-state index is -1.41. The highest BCUT2D eigenvalue weighted by atomic mass is 19.1. The molecule has 138 valence electrons. The van der Waals surface area contributed by atoms with Crippen molar-refractivity contribution in [1.82, 2.24) is 10.3 Å². The van der Waals surface area contributed by atoms with Gasteiger partial charge in [-0.25, -0.2) is 9.18 Å². The number of aromatic nitrogens is 1. The molecule has 0 saturated heterocycles. The van der Waals surface area contributed by atoms with Gasteiger partial charge in [0, 0.05) is 6.20 Å². The lowest BCUT2D eigenvalue weighted by atomic mass is 9.88. The summed E-state index contributed by atoms with van der Waals surface area (Å²) in [5.41, 5.74) is 1.00. The highest BCUT2D eigenvalue weighted by Crippen LogP contribution is 2.23. The number of hydrogen-bond acceptors (Lipinski definition) is 4. The summed E-state index contributed by atoms with van der Waals surface area (Å²) in [5.74, 6) is -2.69. The number of aliphatic carboxylic acids is 1. The van der Waals surface area contributed by atoms with E-state index in [1.807, 2.05) is 20.8 Å². The maximum Gasteiger partial charge on any atom is 0.330 e. The summed E-state index contributed by atoms with van der Waals surface area (Å²) >= 11 is 0. The first-order chi connectivity index (χ1) is 12.1. The number of pyridine rings is 1. The summed E-state index contributed by atoms with van der Waals surface area (Å²) in [6.07, 6.45) is 1.58. The number of nitrogens with one attached hydrogen (secondary N) is 1. The molecule has 7 heteroatoms. The van der Waals surface area contributed by atoms with Crippen LogP contribution in [0, 0.1) is 5.82 Å². The zero-order chi connectivity index (χ0) is 19.5. The molecular weight excluding hydrogens is 339 g/mol. The van der Waals surface area contributed by atoms with E-state index in [2.05, 4.69) is 10.3 Å². The number of carbonyl (C=O) groups is 2. The predicted octanol–water partition coefficient (Wildman–Crippen LogP) is 3.08. The zero-order valence-electron chi connectivity index (χ0n) is 15.0. The fraction of sp³-hybridized carbons (Fsp3) is 0.316. The Morgan fingerprint density at radius 2 is 1.92 bits per heavy atom. The van der Waals surface area contributed by atoms with Crippen LogP contribution in [-0.4, -0.2) is 29.1 Å². The van der Waals surface area contributed by atoms with Crippen molar-refractivity contribution in [2.75, 3.05) is 7.11 Å². The van der Waals surface area contributed by atoms with Gasteiger partial charge >= 0.3 is 5.97 Å². The van der Waals surface area contributed by atoms with Gasteiger partial charge in [0.2, 0.25) is 0 Å². The van der Waals surface area contributed by atoms with Gasteiger partial charge in [0.25, 0.3) is 5.91 Å². The van der Waals surface area contributed by atoms with Gasteiger partial charge in [0.15, 0.2) is 17.6 Å². The average Bonchev–Trinajstić information content (AvgIpc) is 2.58. The molecule has 1 unspecified atom stereocenters. The number of hydrogen-bond donors (Lipinski definition) is 2. The van der Waals surface area contributed by atoms with Gasteiger partial charge in [0.1, 0.15) is 5.69 Å². The Balaban J connectivity index is 2.23. The minimum absolute atomic E-state index is 0.0105. The maximum absolute atomic E-state index is 13.8. The van der Waals surface area contributed by atoms with E-state index in [9.17, 15) is 19.1 Å². The lowest BCUT2D eigenvalue weighted by Gasteiger charge is -2.19. The molecule has 0 aliphatic heterocycles. The number of benzene rings is 1. The van der Waals surface area contributed by atoms with Gasteiger partial charge in [-0.3, -0.25) is 9.78 Å². The van der Waals surface area contributed by atoms with Crippen molar-refractivity contribution in [1.29, 1.82) is 0 Å². The number of carboxylic acids is 1. The van der Waals surface area contributed by atoms with Crippen LogP contribution in [0.4, 0.5) is 4.39 Å². The molecule has 0 radical (unpaired) electrons. The number of carboxylic acid groups (broad SMARTS) is 1. The third kappa shape index (κ3) is 4.36. The molecule has 2 aromatic rings. The summed E-state index contributed by atoms with van der Waals surface area (Å²) < 4.78 is 18.7. The molecule has 2 N–H and O–H groups in total. The number of methoxy groups -OCH3 is 1. The number of amides is 1. The maximum atomic E-state index is 13.8. The third-order valence-electron chi connectivity index (χ3n) is 3.89. The van der Waals surface area contributed by atoms with Crippen LogP contribution in [-0.2, 0) is 10.2 Å². The number of rotatable bonds is 5. The van der Waals surface area contributed by atoms with E-state index in [-0.39, 0.29) is 22.4 Å². The summed E-state index contributed by atoms with van der Waals surface area (Å²) in [7, 11) is 1.31. The van der Waals surface area contributed by atoms with Gasteiger partial charge < -0.3 is 15.2 Å². The van der Waals surface area contributed by atoms with E-state index < -0.39 is 23.7 Å². The van der Waals surface area contributed by atoms with Gasteiger partial charge in [-0.2, -0.15) is 0 Å². The number of nitrogens with zero attached hydrogens (tertiary/aromatic N) is 1. The minimum Gasteiger partial charge on any atom is -0.494 e. The van der Waals surface area contributed by atoms with Gasteiger partial charge in [-0.15, -0.1) is 0 Å². The number of carbonyl (C=O) groups excluding carboxylic acids is 1. The molecule has 2 rings (SSSR count). The molecule has 0 saturated carbocycles. The van der Waals surface area contributed by atoms with E-state index in [0.29, 0.717) is 0 Å². The van der Waals surface area contributed by atoms with Crippen LogP contribution in [0.3, 0.4) is 0 Å². The highest BCUT2D eigenvalue weighted by molar-refractivity contribution is 5.95. The molecule has 1 aromatic carbocycles. The molecule has 1 aromatic heterocycles. The van der Waals surface area contributed by atoms with Crippen molar-refractivity contribution in [2.45, 2.75) is 32.2 Å². The first kappa shape index (κ1) is 19.4. The van der Waals surface area contributed by atoms with Crippen LogP contribution < -0.4 is 10.1 Å². The molecule has 0 aliphatic rings. The first-order valence-electron chi connectivity index (χ1n) is 7.97. The Labute approximate surface area is 151 Å². The summed E-state index contributed by atoms with van der Waals surface area (Å²) in [6.45, 7) is 6.05. The van der Waals surface area contributed by atoms with Crippen molar-refractivity contribution < 1.29 is 23.8 Å². The standard InChI is InChI=1S/C19H21FN2O4/c1-19(2,3)12-6-7-14(21-10-12)17(23)22-16(18(24)25)11-5-8-15(26-4)13(20)9-11/h5-10,16H,1-4H3,(H,22,23)(H,24,25). The Kier molecular flexibility index (Phi) is 5.59. The normalized spacial score (nSPS) is 12.3. The summed E-state index contributed by atoms with van der Waals surface area (Å²) in [5, 5.41) is 11.8. The predicted molar refractivity (Wildman–Crippen MR) is 93.7 cm³/mol. The largest absolute Gasteiger partial charge is 0.494 e. The van der Waals surface area contributed by atoms with Crippen molar-refractivity contribution in [3.8, 4) is 5.75 Å². The summed E-state index contributed by atoms with van der Waals surface area (Å²) in [4.78, 5) is 28.0. The Bertz CT molecular complexity index is 813. The summed E-state index contributed by atoms with van der Waals surface area (Å²) in [6, 6.07) is 5.61. The quantitative estimate of drug-likeness (QED) is 0.855. The lowest BCUT2D eigenvalue weighted by molar-refractivity contribution is -0.139. The van der Waals surface area contributed by atoms with E-state index in [1.165, 1.54) is 25.3 Å². The number of ether oxygens (including phenoxy) is 1. The Hall–Kier alpha value is -2.96. The fourth-order valence-corrected chi connectivity index (χ4v) is 2.33. The smallest absolute Gasteiger partial charge is 0.330 e. The SMILES string of the molecule is COc1ccc(C(NC(=O)c2ccc(C(C)(C)C)cn2)C(=O)O)cc1F. The van der Waals surface area contributed by atoms with Crippen LogP contribution in [0.25, 0.3) is 0 Å². The fourth-order valence-electron chi connectivity index (χ4n) is 2.33. The van der Waals surface area contributed by atoms with Crippen LogP contribution in [0.5, 0.6) is 5.75 Å². The van der Waals surface area contributed by atoms with Gasteiger partial charge in [-0.05, 0) is 34.7 Å². The second kappa shape index (κ2) is 7.51. The van der Waals surface area contributed by atoms with Crippen LogP contribution in [0.1, 0.15) is 48.4 Å². The molecule has 0 fully saturated rings. The van der Waals surface area contributed by atoms with Crippen LogP contribution in [0.2, 0.25) is 0 Å². The molecule has 1 amide bonds. The molecule has 0 aliphatic carbocycles. The molecule has 0 spiro atoms. The Morgan fingerprint density at radius 3 is 2.38 bits per heavy atom.